The highest BCUT2D eigenvalue weighted by Gasteiger charge is 2.38. The van der Waals surface area contributed by atoms with Gasteiger partial charge in [0.2, 0.25) is 5.91 Å². The fraction of sp³-hybridized carbons (Fsp3) is 0.441. The maximum atomic E-state index is 14.3. The summed E-state index contributed by atoms with van der Waals surface area (Å²) in [6.45, 7) is 13.1. The summed E-state index contributed by atoms with van der Waals surface area (Å²) in [7, 11) is 0. The molecular weight excluding hydrogens is 562 g/mol. The molecule has 3 amide bonds. The zero-order valence-electron chi connectivity index (χ0n) is 26.2. The predicted molar refractivity (Wildman–Crippen MR) is 176 cm³/mol. The Balaban J connectivity index is 2.08. The first-order valence-corrected chi connectivity index (χ1v) is 15.3. The van der Waals surface area contributed by atoms with Crippen molar-refractivity contribution in [3.63, 3.8) is 0 Å². The van der Waals surface area contributed by atoms with Crippen LogP contribution in [0.5, 0.6) is 5.75 Å². The number of phenols is 1. The molecule has 3 aromatic rings. The summed E-state index contributed by atoms with van der Waals surface area (Å²) in [5, 5.41) is 18.0. The smallest absolute Gasteiger partial charge is 0.408 e. The first kappa shape index (κ1) is 33.8. The molecule has 0 saturated carbocycles. The SMILES string of the molecule is Cc1cc(C(C(=O)Nc2ccc3ccccc3c2)N(C(=O)C(CS)NC(=O)OC(C)(C)C)C(C)CCC(C)C)ccc1O. The number of phenolic OH excluding ortho intramolecular Hbond substituents is 1. The molecule has 9 heteroatoms. The van der Waals surface area contributed by atoms with E-state index in [0.717, 1.165) is 17.2 Å². The summed E-state index contributed by atoms with van der Waals surface area (Å²) in [5.41, 5.74) is 0.933. The third kappa shape index (κ3) is 9.38. The van der Waals surface area contributed by atoms with Gasteiger partial charge in [0.15, 0.2) is 0 Å². The number of thiol groups is 1. The number of carbonyl (C=O) groups excluding carboxylic acids is 3. The van der Waals surface area contributed by atoms with Gasteiger partial charge in [-0.25, -0.2) is 4.79 Å². The Morgan fingerprint density at radius 1 is 0.953 bits per heavy atom. The Morgan fingerprint density at radius 3 is 2.23 bits per heavy atom. The van der Waals surface area contributed by atoms with Gasteiger partial charge in [0, 0.05) is 17.5 Å². The van der Waals surface area contributed by atoms with E-state index >= 15 is 0 Å². The van der Waals surface area contributed by atoms with Crippen LogP contribution in [0.1, 0.15) is 71.6 Å². The van der Waals surface area contributed by atoms with Crippen molar-refractivity contribution < 1.29 is 24.2 Å². The third-order valence-corrected chi connectivity index (χ3v) is 7.51. The number of fused-ring (bicyclic) bond motifs is 1. The van der Waals surface area contributed by atoms with Crippen LogP contribution in [0.25, 0.3) is 10.8 Å². The minimum absolute atomic E-state index is 0.000897. The van der Waals surface area contributed by atoms with Crippen LogP contribution in [0.3, 0.4) is 0 Å². The molecule has 3 rings (SSSR count). The zero-order valence-corrected chi connectivity index (χ0v) is 27.1. The molecule has 0 fully saturated rings. The summed E-state index contributed by atoms with van der Waals surface area (Å²) in [4.78, 5) is 42.8. The number of hydrogen-bond acceptors (Lipinski definition) is 6. The molecule has 3 unspecified atom stereocenters. The molecule has 3 N–H and O–H groups in total. The van der Waals surface area contributed by atoms with Crippen molar-refractivity contribution >= 4 is 47.0 Å². The number of nitrogens with zero attached hydrogens (tertiary/aromatic N) is 1. The molecule has 0 spiro atoms. The number of amides is 3. The number of aromatic hydroxyl groups is 1. The van der Waals surface area contributed by atoms with Gasteiger partial charge in [0.1, 0.15) is 23.4 Å². The monoisotopic (exact) mass is 607 g/mol. The van der Waals surface area contributed by atoms with Crippen LogP contribution in [-0.4, -0.2) is 51.4 Å². The number of aryl methyl sites for hydroxylation is 1. The number of hydrogen-bond donors (Lipinski definition) is 4. The molecule has 3 atom stereocenters. The molecule has 0 heterocycles. The van der Waals surface area contributed by atoms with Gasteiger partial charge in [-0.1, -0.05) is 50.2 Å². The first-order chi connectivity index (χ1) is 20.2. The van der Waals surface area contributed by atoms with Gasteiger partial charge >= 0.3 is 6.09 Å². The lowest BCUT2D eigenvalue weighted by molar-refractivity contribution is -0.143. The quantitative estimate of drug-likeness (QED) is 0.175. The van der Waals surface area contributed by atoms with Gasteiger partial charge < -0.3 is 25.4 Å². The predicted octanol–water partition coefficient (Wildman–Crippen LogP) is 7.01. The van der Waals surface area contributed by atoms with Crippen LogP contribution in [-0.2, 0) is 14.3 Å². The molecule has 43 heavy (non-hydrogen) atoms. The number of rotatable bonds is 11. The van der Waals surface area contributed by atoms with E-state index in [4.69, 9.17) is 4.74 Å². The summed E-state index contributed by atoms with van der Waals surface area (Å²) < 4.78 is 5.41. The summed E-state index contributed by atoms with van der Waals surface area (Å²) in [5.74, 6) is -0.412. The molecule has 3 aromatic carbocycles. The highest BCUT2D eigenvalue weighted by molar-refractivity contribution is 7.80. The van der Waals surface area contributed by atoms with Crippen LogP contribution in [0.15, 0.2) is 60.7 Å². The Hall–Kier alpha value is -3.72. The normalized spacial score (nSPS) is 13.7. The van der Waals surface area contributed by atoms with Gasteiger partial charge in [-0.2, -0.15) is 12.6 Å². The van der Waals surface area contributed by atoms with Crippen molar-refractivity contribution in [2.24, 2.45) is 5.92 Å². The molecule has 232 valence electrons. The number of alkyl carbamates (subject to hydrolysis) is 1. The number of benzene rings is 3. The van der Waals surface area contributed by atoms with Gasteiger partial charge in [-0.05, 0) is 99.5 Å². The summed E-state index contributed by atoms with van der Waals surface area (Å²) in [6.07, 6.45) is 0.711. The van der Waals surface area contributed by atoms with Crippen LogP contribution in [0, 0.1) is 12.8 Å². The minimum Gasteiger partial charge on any atom is -0.508 e. The van der Waals surface area contributed by atoms with Gasteiger partial charge in [0.25, 0.3) is 5.91 Å². The standard InChI is InChI=1S/C34H45N3O5S/c1-21(2)12-13-23(4)37(32(40)28(20-43)36-33(41)42-34(5,6)7)30(26-15-17-29(38)22(3)18-26)31(39)35-27-16-14-24-10-8-9-11-25(24)19-27/h8-11,14-19,21,23,28,30,38,43H,12-13,20H2,1-7H3,(H,35,39)(H,36,41). The lowest BCUT2D eigenvalue weighted by Gasteiger charge is -2.38. The van der Waals surface area contributed by atoms with Gasteiger partial charge in [0.05, 0.1) is 0 Å². The van der Waals surface area contributed by atoms with E-state index in [9.17, 15) is 19.5 Å². The van der Waals surface area contributed by atoms with E-state index in [1.807, 2.05) is 49.4 Å². The highest BCUT2D eigenvalue weighted by Crippen LogP contribution is 2.31. The fourth-order valence-corrected chi connectivity index (χ4v) is 5.14. The average Bonchev–Trinajstić information content (AvgIpc) is 2.93. The van der Waals surface area contributed by atoms with E-state index in [2.05, 4.69) is 37.1 Å². The van der Waals surface area contributed by atoms with Crippen molar-refractivity contribution in [1.82, 2.24) is 10.2 Å². The van der Waals surface area contributed by atoms with Crippen molar-refractivity contribution in [3.8, 4) is 5.75 Å². The van der Waals surface area contributed by atoms with Crippen LogP contribution < -0.4 is 10.6 Å². The second kappa shape index (κ2) is 14.6. The van der Waals surface area contributed by atoms with Crippen LogP contribution >= 0.6 is 12.6 Å². The number of anilines is 1. The van der Waals surface area contributed by atoms with E-state index in [-0.39, 0.29) is 17.5 Å². The molecule has 0 aromatic heterocycles. The topological polar surface area (TPSA) is 108 Å². The van der Waals surface area contributed by atoms with Gasteiger partial charge in [-0.15, -0.1) is 0 Å². The molecule has 0 aliphatic rings. The van der Waals surface area contributed by atoms with E-state index < -0.39 is 35.6 Å². The Labute approximate surface area is 260 Å². The first-order valence-electron chi connectivity index (χ1n) is 14.7. The molecule has 0 aliphatic carbocycles. The van der Waals surface area contributed by atoms with Crippen molar-refractivity contribution in [3.05, 3.63) is 71.8 Å². The maximum Gasteiger partial charge on any atom is 0.408 e. The van der Waals surface area contributed by atoms with E-state index in [1.54, 1.807) is 44.7 Å². The molecule has 0 radical (unpaired) electrons. The fourth-order valence-electron chi connectivity index (χ4n) is 4.89. The largest absolute Gasteiger partial charge is 0.508 e. The third-order valence-electron chi connectivity index (χ3n) is 7.14. The average molecular weight is 608 g/mol. The number of ether oxygens (including phenoxy) is 1. The molecule has 0 saturated heterocycles. The van der Waals surface area contributed by atoms with Crippen LogP contribution in [0.2, 0.25) is 0 Å². The van der Waals surface area contributed by atoms with E-state index in [0.29, 0.717) is 29.2 Å². The second-order valence-corrected chi connectivity index (χ2v) is 12.8. The molecule has 0 aliphatic heterocycles. The zero-order chi connectivity index (χ0) is 31.9. The Kier molecular flexibility index (Phi) is 11.5. The Bertz CT molecular complexity index is 1440. The number of nitrogens with one attached hydrogen (secondary N) is 2. The molecule has 0 bridgehead atoms. The van der Waals surface area contributed by atoms with Crippen molar-refractivity contribution in [1.29, 1.82) is 0 Å². The second-order valence-electron chi connectivity index (χ2n) is 12.4. The molecule has 8 nitrogen and oxygen atoms in total. The van der Waals surface area contributed by atoms with Crippen molar-refractivity contribution in [2.45, 2.75) is 85.0 Å². The number of carbonyl (C=O) groups is 3. The Morgan fingerprint density at radius 2 is 1.63 bits per heavy atom. The summed E-state index contributed by atoms with van der Waals surface area (Å²) >= 11 is 4.39. The highest BCUT2D eigenvalue weighted by atomic mass is 32.1. The summed E-state index contributed by atoms with van der Waals surface area (Å²) in [6, 6.07) is 15.9. The van der Waals surface area contributed by atoms with Gasteiger partial charge in [-0.3, -0.25) is 9.59 Å². The van der Waals surface area contributed by atoms with Crippen molar-refractivity contribution in [2.75, 3.05) is 11.1 Å². The lowest BCUT2D eigenvalue weighted by Crippen LogP contribution is -2.55. The molecular formula is C34H45N3O5S. The van der Waals surface area contributed by atoms with E-state index in [1.165, 1.54) is 6.07 Å². The van der Waals surface area contributed by atoms with Crippen LogP contribution in [0.4, 0.5) is 10.5 Å². The lowest BCUT2D eigenvalue weighted by atomic mass is 9.96. The minimum atomic E-state index is -1.07. The maximum absolute atomic E-state index is 14.3.